The first-order chi connectivity index (χ1) is 6.74. The lowest BCUT2D eigenvalue weighted by molar-refractivity contribution is 0.617. The Bertz CT molecular complexity index is 293. The molecule has 0 aromatic carbocycles. The summed E-state index contributed by atoms with van der Waals surface area (Å²) in [5.41, 5.74) is 1.22. The second-order valence-electron chi connectivity index (χ2n) is 3.20. The lowest BCUT2D eigenvalue weighted by Crippen LogP contribution is -2.17. The molecule has 0 atom stereocenters. The highest BCUT2D eigenvalue weighted by Gasteiger charge is 1.99. The number of imidazole rings is 1. The Morgan fingerprint density at radius 2 is 2.50 bits per heavy atom. The van der Waals surface area contributed by atoms with Crippen LogP contribution in [0.2, 0.25) is 0 Å². The van der Waals surface area contributed by atoms with Gasteiger partial charge in [0.1, 0.15) is 0 Å². The zero-order valence-electron chi connectivity index (χ0n) is 8.46. The third-order valence-electron chi connectivity index (χ3n) is 1.89. The van der Waals surface area contributed by atoms with Crippen molar-refractivity contribution >= 4 is 15.9 Å². The van der Waals surface area contributed by atoms with Crippen LogP contribution < -0.4 is 5.32 Å². The summed E-state index contributed by atoms with van der Waals surface area (Å²) in [6.07, 6.45) is 4.91. The molecule has 0 saturated carbocycles. The Labute approximate surface area is 93.4 Å². The molecule has 0 spiro atoms. The van der Waals surface area contributed by atoms with Crippen molar-refractivity contribution in [1.29, 1.82) is 0 Å². The Hall–Kier alpha value is -0.610. The molecule has 1 rings (SSSR count). The summed E-state index contributed by atoms with van der Waals surface area (Å²) >= 11 is 3.31. The summed E-state index contributed by atoms with van der Waals surface area (Å²) in [5, 5.41) is 3.28. The monoisotopic (exact) mass is 257 g/mol. The molecule has 0 saturated heterocycles. The van der Waals surface area contributed by atoms with Crippen molar-refractivity contribution in [3.63, 3.8) is 0 Å². The number of nitrogens with one attached hydrogen (secondary N) is 1. The molecule has 0 radical (unpaired) electrons. The van der Waals surface area contributed by atoms with Crippen LogP contribution in [0.3, 0.4) is 0 Å². The molecule has 0 aliphatic rings. The molecular weight excluding hydrogens is 242 g/mol. The van der Waals surface area contributed by atoms with Gasteiger partial charge >= 0.3 is 0 Å². The van der Waals surface area contributed by atoms with Crippen LogP contribution in [-0.4, -0.2) is 16.1 Å². The van der Waals surface area contributed by atoms with E-state index in [0.717, 1.165) is 30.5 Å². The van der Waals surface area contributed by atoms with Crippen LogP contribution in [-0.2, 0) is 13.1 Å². The predicted octanol–water partition coefficient (Wildman–Crippen LogP) is 2.29. The van der Waals surface area contributed by atoms with Gasteiger partial charge in [-0.3, -0.25) is 0 Å². The lowest BCUT2D eigenvalue weighted by atomic mass is 10.4. The fraction of sp³-hybridized carbons (Fsp3) is 0.500. The number of hydrogen-bond donors (Lipinski definition) is 1. The van der Waals surface area contributed by atoms with Crippen LogP contribution in [0.15, 0.2) is 23.6 Å². The Morgan fingerprint density at radius 1 is 1.71 bits per heavy atom. The van der Waals surface area contributed by atoms with E-state index in [1.165, 1.54) is 5.69 Å². The van der Waals surface area contributed by atoms with Gasteiger partial charge in [-0.05, 0) is 6.42 Å². The largest absolute Gasteiger partial charge is 0.333 e. The highest BCUT2D eigenvalue weighted by Crippen LogP contribution is 2.02. The van der Waals surface area contributed by atoms with Crippen molar-refractivity contribution in [2.75, 3.05) is 6.54 Å². The maximum Gasteiger partial charge on any atom is 0.0948 e. The summed E-state index contributed by atoms with van der Waals surface area (Å²) in [4.78, 5) is 4.13. The molecule has 0 amide bonds. The molecule has 0 aliphatic heterocycles. The number of halogens is 1. The first-order valence-corrected chi connectivity index (χ1v) is 5.56. The van der Waals surface area contributed by atoms with Crippen LogP contribution in [0.1, 0.15) is 19.0 Å². The summed E-state index contributed by atoms with van der Waals surface area (Å²) < 4.78 is 3.14. The molecule has 4 heteroatoms. The van der Waals surface area contributed by atoms with E-state index in [9.17, 15) is 0 Å². The molecule has 0 aliphatic carbocycles. The molecule has 0 bridgehead atoms. The minimum absolute atomic E-state index is 0.789. The highest BCUT2D eigenvalue weighted by molar-refractivity contribution is 9.11. The van der Waals surface area contributed by atoms with Gasteiger partial charge in [0.2, 0.25) is 0 Å². The predicted molar refractivity (Wildman–Crippen MR) is 62.3 cm³/mol. The zero-order chi connectivity index (χ0) is 10.4. The average Bonchev–Trinajstić information content (AvgIpc) is 2.53. The topological polar surface area (TPSA) is 29.9 Å². The number of hydrogen-bond acceptors (Lipinski definition) is 2. The molecule has 0 fully saturated rings. The maximum atomic E-state index is 4.13. The van der Waals surface area contributed by atoms with Gasteiger partial charge in [-0.1, -0.05) is 29.4 Å². The third kappa shape index (κ3) is 3.64. The first-order valence-electron chi connectivity index (χ1n) is 4.77. The Kier molecular flexibility index (Phi) is 4.90. The van der Waals surface area contributed by atoms with Gasteiger partial charge < -0.3 is 9.88 Å². The summed E-state index contributed by atoms with van der Waals surface area (Å²) in [6.45, 7) is 8.59. The van der Waals surface area contributed by atoms with Gasteiger partial charge in [-0.2, -0.15) is 0 Å². The van der Waals surface area contributed by atoms with Gasteiger partial charge in [0.25, 0.3) is 0 Å². The van der Waals surface area contributed by atoms with E-state index in [-0.39, 0.29) is 0 Å². The third-order valence-corrected chi connectivity index (χ3v) is 2.17. The Morgan fingerprint density at radius 3 is 3.14 bits per heavy atom. The molecule has 0 unspecified atom stereocenters. The second kappa shape index (κ2) is 5.98. The van der Waals surface area contributed by atoms with Crippen molar-refractivity contribution in [3.05, 3.63) is 29.3 Å². The number of aromatic nitrogens is 2. The molecule has 1 N–H and O–H groups in total. The van der Waals surface area contributed by atoms with Gasteiger partial charge in [-0.15, -0.1) is 0 Å². The first kappa shape index (κ1) is 11.5. The zero-order valence-corrected chi connectivity index (χ0v) is 10.0. The van der Waals surface area contributed by atoms with Gasteiger partial charge in [0.15, 0.2) is 0 Å². The van der Waals surface area contributed by atoms with E-state index in [2.05, 4.69) is 44.3 Å². The Balaban J connectivity index is 2.41. The highest BCUT2D eigenvalue weighted by atomic mass is 79.9. The average molecular weight is 258 g/mol. The van der Waals surface area contributed by atoms with E-state index in [1.807, 2.05) is 12.5 Å². The number of nitrogens with zero attached hydrogens (tertiary/aromatic N) is 2. The fourth-order valence-corrected chi connectivity index (χ4v) is 1.46. The van der Waals surface area contributed by atoms with E-state index < -0.39 is 0 Å². The quantitative estimate of drug-likeness (QED) is 0.848. The molecule has 1 aromatic rings. The fourth-order valence-electron chi connectivity index (χ4n) is 1.26. The number of rotatable bonds is 6. The molecule has 1 aromatic heterocycles. The second-order valence-corrected chi connectivity index (χ2v) is 4.32. The van der Waals surface area contributed by atoms with Crippen molar-refractivity contribution < 1.29 is 0 Å². The minimum Gasteiger partial charge on any atom is -0.333 e. The van der Waals surface area contributed by atoms with Crippen LogP contribution in [0.4, 0.5) is 0 Å². The SMILES string of the molecule is C=C(Br)CNCc1cncn1CCC. The van der Waals surface area contributed by atoms with Crippen molar-refractivity contribution in [1.82, 2.24) is 14.9 Å². The van der Waals surface area contributed by atoms with Gasteiger partial charge in [0, 0.05) is 30.3 Å². The van der Waals surface area contributed by atoms with Gasteiger partial charge in [0.05, 0.1) is 12.0 Å². The molecule has 78 valence electrons. The van der Waals surface area contributed by atoms with Crippen molar-refractivity contribution in [2.45, 2.75) is 26.4 Å². The summed E-state index contributed by atoms with van der Waals surface area (Å²) in [5.74, 6) is 0. The van der Waals surface area contributed by atoms with Crippen LogP contribution in [0.5, 0.6) is 0 Å². The molecular formula is C10H16BrN3. The smallest absolute Gasteiger partial charge is 0.0948 e. The van der Waals surface area contributed by atoms with E-state index in [1.54, 1.807) is 0 Å². The van der Waals surface area contributed by atoms with Crippen LogP contribution >= 0.6 is 15.9 Å². The van der Waals surface area contributed by atoms with Crippen molar-refractivity contribution in [2.24, 2.45) is 0 Å². The van der Waals surface area contributed by atoms with E-state index in [0.29, 0.717) is 0 Å². The summed E-state index contributed by atoms with van der Waals surface area (Å²) in [7, 11) is 0. The van der Waals surface area contributed by atoms with E-state index in [4.69, 9.17) is 0 Å². The van der Waals surface area contributed by atoms with Crippen LogP contribution in [0, 0.1) is 0 Å². The maximum absolute atomic E-state index is 4.13. The van der Waals surface area contributed by atoms with Crippen molar-refractivity contribution in [3.8, 4) is 0 Å². The summed E-state index contributed by atoms with van der Waals surface area (Å²) in [6, 6.07) is 0. The molecule has 1 heterocycles. The molecule has 14 heavy (non-hydrogen) atoms. The lowest BCUT2D eigenvalue weighted by Gasteiger charge is -2.07. The standard InChI is InChI=1S/C10H16BrN3/c1-3-4-14-8-13-7-10(14)6-12-5-9(2)11/h7-8,12H,2-6H2,1H3. The minimum atomic E-state index is 0.789. The van der Waals surface area contributed by atoms with E-state index >= 15 is 0 Å². The number of aryl methyl sites for hydroxylation is 1. The van der Waals surface area contributed by atoms with Crippen LogP contribution in [0.25, 0.3) is 0 Å². The normalized spacial score (nSPS) is 10.4. The molecule has 3 nitrogen and oxygen atoms in total. The van der Waals surface area contributed by atoms with Gasteiger partial charge in [-0.25, -0.2) is 4.98 Å².